The molecule has 2 aliphatic rings. The van der Waals surface area contributed by atoms with Crippen molar-refractivity contribution in [2.45, 2.75) is 50.4 Å². The van der Waals surface area contributed by atoms with Crippen molar-refractivity contribution in [3.05, 3.63) is 17.0 Å². The van der Waals surface area contributed by atoms with Crippen molar-refractivity contribution in [3.63, 3.8) is 0 Å². The number of aromatic nitrogens is 2. The molecular formula is C12H15N3. The lowest BCUT2D eigenvalue weighted by Gasteiger charge is -2.25. The van der Waals surface area contributed by atoms with Crippen LogP contribution in [0.3, 0.4) is 0 Å². The quantitative estimate of drug-likeness (QED) is 0.799. The van der Waals surface area contributed by atoms with Gasteiger partial charge in [-0.25, -0.2) is 0 Å². The molecule has 2 fully saturated rings. The van der Waals surface area contributed by atoms with E-state index in [0.717, 1.165) is 17.0 Å². The van der Waals surface area contributed by atoms with Crippen molar-refractivity contribution >= 4 is 0 Å². The SMILES string of the molecule is N#Cc1c(C2CCC2)n[nH]c1C1CCC1. The lowest BCUT2D eigenvalue weighted by Crippen LogP contribution is -2.12. The van der Waals surface area contributed by atoms with Gasteiger partial charge >= 0.3 is 0 Å². The normalized spacial score (nSPS) is 21.8. The van der Waals surface area contributed by atoms with Crippen LogP contribution < -0.4 is 0 Å². The van der Waals surface area contributed by atoms with Crippen molar-refractivity contribution in [2.75, 3.05) is 0 Å². The molecule has 3 heteroatoms. The first-order valence-corrected chi connectivity index (χ1v) is 5.88. The van der Waals surface area contributed by atoms with Crippen LogP contribution in [-0.4, -0.2) is 10.2 Å². The van der Waals surface area contributed by atoms with Gasteiger partial charge in [-0.2, -0.15) is 10.4 Å². The summed E-state index contributed by atoms with van der Waals surface area (Å²) in [7, 11) is 0. The smallest absolute Gasteiger partial charge is 0.103 e. The van der Waals surface area contributed by atoms with Crippen LogP contribution in [0, 0.1) is 11.3 Å². The minimum absolute atomic E-state index is 0.560. The van der Waals surface area contributed by atoms with Gasteiger partial charge in [0.1, 0.15) is 6.07 Å². The van der Waals surface area contributed by atoms with E-state index < -0.39 is 0 Å². The van der Waals surface area contributed by atoms with E-state index in [4.69, 9.17) is 0 Å². The van der Waals surface area contributed by atoms with Crippen molar-refractivity contribution in [1.29, 1.82) is 5.26 Å². The maximum Gasteiger partial charge on any atom is 0.103 e. The first kappa shape index (κ1) is 8.96. The molecule has 0 bridgehead atoms. The molecule has 0 aromatic carbocycles. The molecule has 2 aliphatic carbocycles. The summed E-state index contributed by atoms with van der Waals surface area (Å²) < 4.78 is 0. The fourth-order valence-corrected chi connectivity index (χ4v) is 2.46. The van der Waals surface area contributed by atoms with Crippen molar-refractivity contribution in [2.24, 2.45) is 0 Å². The van der Waals surface area contributed by atoms with Gasteiger partial charge in [-0.1, -0.05) is 12.8 Å². The zero-order chi connectivity index (χ0) is 10.3. The minimum Gasteiger partial charge on any atom is -0.281 e. The molecule has 15 heavy (non-hydrogen) atoms. The third-order valence-corrected chi connectivity index (χ3v) is 3.94. The summed E-state index contributed by atoms with van der Waals surface area (Å²) in [6.45, 7) is 0. The standard InChI is InChI=1S/C12H15N3/c13-7-10-11(8-3-1-4-8)14-15-12(10)9-5-2-6-9/h8-9H,1-6H2,(H,14,15). The van der Waals surface area contributed by atoms with Crippen LogP contribution >= 0.6 is 0 Å². The molecule has 0 aliphatic heterocycles. The molecule has 3 rings (SSSR count). The highest BCUT2D eigenvalue weighted by Crippen LogP contribution is 2.42. The fraction of sp³-hybridized carbons (Fsp3) is 0.667. The predicted octanol–water partition coefficient (Wildman–Crippen LogP) is 2.82. The van der Waals surface area contributed by atoms with E-state index in [2.05, 4.69) is 16.3 Å². The summed E-state index contributed by atoms with van der Waals surface area (Å²) >= 11 is 0. The Balaban J connectivity index is 1.94. The summed E-state index contributed by atoms with van der Waals surface area (Å²) in [6.07, 6.45) is 7.46. The Kier molecular flexibility index (Phi) is 2.02. The van der Waals surface area contributed by atoms with Gasteiger partial charge in [0.2, 0.25) is 0 Å². The van der Waals surface area contributed by atoms with E-state index in [-0.39, 0.29) is 0 Å². The zero-order valence-corrected chi connectivity index (χ0v) is 8.79. The van der Waals surface area contributed by atoms with Gasteiger partial charge < -0.3 is 0 Å². The van der Waals surface area contributed by atoms with Crippen LogP contribution in [0.25, 0.3) is 0 Å². The van der Waals surface area contributed by atoms with Gasteiger partial charge in [0.15, 0.2) is 0 Å². The topological polar surface area (TPSA) is 52.5 Å². The Hall–Kier alpha value is -1.30. The predicted molar refractivity (Wildman–Crippen MR) is 56.5 cm³/mol. The van der Waals surface area contributed by atoms with Crippen LogP contribution in [0.2, 0.25) is 0 Å². The second-order valence-electron chi connectivity index (χ2n) is 4.76. The Morgan fingerprint density at radius 2 is 1.80 bits per heavy atom. The van der Waals surface area contributed by atoms with Crippen molar-refractivity contribution in [1.82, 2.24) is 10.2 Å². The first-order chi connectivity index (χ1) is 7.40. The number of nitrogens with one attached hydrogen (secondary N) is 1. The molecule has 0 atom stereocenters. The van der Waals surface area contributed by atoms with E-state index in [1.165, 1.54) is 38.5 Å². The Morgan fingerprint density at radius 1 is 1.13 bits per heavy atom. The van der Waals surface area contributed by atoms with Gasteiger partial charge in [-0.3, -0.25) is 5.10 Å². The van der Waals surface area contributed by atoms with Gasteiger partial charge in [-0.05, 0) is 25.7 Å². The Morgan fingerprint density at radius 3 is 2.27 bits per heavy atom. The van der Waals surface area contributed by atoms with Gasteiger partial charge in [0, 0.05) is 11.8 Å². The van der Waals surface area contributed by atoms with E-state index in [0.29, 0.717) is 11.8 Å². The van der Waals surface area contributed by atoms with Crippen LogP contribution in [0.15, 0.2) is 0 Å². The van der Waals surface area contributed by atoms with E-state index in [1.54, 1.807) is 0 Å². The number of hydrogen-bond acceptors (Lipinski definition) is 2. The molecule has 1 heterocycles. The molecule has 0 radical (unpaired) electrons. The number of H-pyrrole nitrogens is 1. The average Bonchev–Trinajstić information content (AvgIpc) is 2.43. The molecule has 78 valence electrons. The summed E-state index contributed by atoms with van der Waals surface area (Å²) in [5.41, 5.74) is 3.03. The largest absolute Gasteiger partial charge is 0.281 e. The molecule has 0 saturated heterocycles. The lowest BCUT2D eigenvalue weighted by atomic mass is 9.78. The average molecular weight is 201 g/mol. The monoisotopic (exact) mass is 201 g/mol. The minimum atomic E-state index is 0.560. The third kappa shape index (κ3) is 1.28. The highest BCUT2D eigenvalue weighted by molar-refractivity contribution is 5.42. The molecule has 1 N–H and O–H groups in total. The van der Waals surface area contributed by atoms with Gasteiger partial charge in [0.05, 0.1) is 17.0 Å². The van der Waals surface area contributed by atoms with E-state index >= 15 is 0 Å². The Labute approximate surface area is 89.5 Å². The van der Waals surface area contributed by atoms with Crippen LogP contribution in [0.4, 0.5) is 0 Å². The second-order valence-corrected chi connectivity index (χ2v) is 4.76. The lowest BCUT2D eigenvalue weighted by molar-refractivity contribution is 0.409. The number of nitrogens with zero attached hydrogens (tertiary/aromatic N) is 2. The van der Waals surface area contributed by atoms with Crippen molar-refractivity contribution in [3.8, 4) is 6.07 Å². The van der Waals surface area contributed by atoms with Crippen LogP contribution in [-0.2, 0) is 0 Å². The number of rotatable bonds is 2. The number of aromatic amines is 1. The number of nitriles is 1. The summed E-state index contributed by atoms with van der Waals surface area (Å²) in [6, 6.07) is 2.35. The van der Waals surface area contributed by atoms with Gasteiger partial charge in [-0.15, -0.1) is 0 Å². The molecule has 2 saturated carbocycles. The number of hydrogen-bond donors (Lipinski definition) is 1. The summed E-state index contributed by atoms with van der Waals surface area (Å²) in [5.74, 6) is 1.14. The van der Waals surface area contributed by atoms with Gasteiger partial charge in [0.25, 0.3) is 0 Å². The highest BCUT2D eigenvalue weighted by atomic mass is 15.1. The van der Waals surface area contributed by atoms with E-state index in [9.17, 15) is 5.26 Å². The summed E-state index contributed by atoms with van der Waals surface area (Å²) in [4.78, 5) is 0. The van der Waals surface area contributed by atoms with E-state index in [1.807, 2.05) is 0 Å². The summed E-state index contributed by atoms with van der Waals surface area (Å²) in [5, 5.41) is 16.7. The molecule has 0 amide bonds. The van der Waals surface area contributed by atoms with Crippen LogP contribution in [0.1, 0.15) is 67.3 Å². The second kappa shape index (κ2) is 3.37. The molecular weight excluding hydrogens is 186 g/mol. The van der Waals surface area contributed by atoms with Crippen LogP contribution in [0.5, 0.6) is 0 Å². The molecule has 0 spiro atoms. The first-order valence-electron chi connectivity index (χ1n) is 5.88. The Bertz CT molecular complexity index is 373. The molecule has 1 aromatic heterocycles. The fourth-order valence-electron chi connectivity index (χ4n) is 2.46. The zero-order valence-electron chi connectivity index (χ0n) is 8.79. The van der Waals surface area contributed by atoms with Crippen molar-refractivity contribution < 1.29 is 0 Å². The molecule has 3 nitrogen and oxygen atoms in total. The maximum absolute atomic E-state index is 9.22. The molecule has 0 unspecified atom stereocenters. The third-order valence-electron chi connectivity index (χ3n) is 3.94. The molecule has 1 aromatic rings. The maximum atomic E-state index is 9.22. The highest BCUT2D eigenvalue weighted by Gasteiger charge is 2.30.